The number of rotatable bonds is 3. The lowest BCUT2D eigenvalue weighted by atomic mass is 10.2. The number of nitrogens with zero attached hydrogens (tertiary/aromatic N) is 3. The molecule has 13 heavy (non-hydrogen) atoms. The molecule has 0 amide bonds. The van der Waals surface area contributed by atoms with Crippen LogP contribution in [0.3, 0.4) is 0 Å². The Bertz CT molecular complexity index is 325. The monoisotopic (exact) mass is 173 g/mol. The van der Waals surface area contributed by atoms with Gasteiger partial charge in [-0.1, -0.05) is 12.7 Å². The van der Waals surface area contributed by atoms with Crippen LogP contribution in [0.4, 0.5) is 0 Å². The van der Waals surface area contributed by atoms with Crippen LogP contribution >= 0.6 is 0 Å². The van der Waals surface area contributed by atoms with E-state index in [1.165, 1.54) is 0 Å². The van der Waals surface area contributed by atoms with Crippen molar-refractivity contribution in [3.8, 4) is 0 Å². The van der Waals surface area contributed by atoms with Gasteiger partial charge < -0.3 is 0 Å². The highest BCUT2D eigenvalue weighted by Crippen LogP contribution is 2.03. The molecule has 1 aromatic rings. The van der Waals surface area contributed by atoms with Crippen LogP contribution in [0.15, 0.2) is 42.4 Å². The number of aromatic nitrogens is 2. The van der Waals surface area contributed by atoms with Gasteiger partial charge in [0.2, 0.25) is 0 Å². The fourth-order valence-electron chi connectivity index (χ4n) is 0.750. The van der Waals surface area contributed by atoms with E-state index >= 15 is 0 Å². The molecular formula is C10H11N3. The van der Waals surface area contributed by atoms with Gasteiger partial charge in [-0.05, 0) is 6.92 Å². The summed E-state index contributed by atoms with van der Waals surface area (Å²) in [4.78, 5) is 12.0. The van der Waals surface area contributed by atoms with Gasteiger partial charge in [-0.25, -0.2) is 0 Å². The lowest BCUT2D eigenvalue weighted by molar-refractivity contribution is 1.18. The summed E-state index contributed by atoms with van der Waals surface area (Å²) in [6.45, 7) is 5.72. The molecule has 0 aromatic carbocycles. The molecule has 3 heteroatoms. The van der Waals surface area contributed by atoms with E-state index in [0.29, 0.717) is 0 Å². The maximum absolute atomic E-state index is 4.08. The summed E-state index contributed by atoms with van der Waals surface area (Å²) in [7, 11) is 0. The third-order valence-electron chi connectivity index (χ3n) is 1.36. The van der Waals surface area contributed by atoms with E-state index in [1.807, 2.05) is 13.0 Å². The predicted molar refractivity (Wildman–Crippen MR) is 54.4 cm³/mol. The fraction of sp³-hybridized carbons (Fsp3) is 0.100. The fourth-order valence-corrected chi connectivity index (χ4v) is 0.750. The van der Waals surface area contributed by atoms with Gasteiger partial charge in [0.15, 0.2) is 0 Å². The average Bonchev–Trinajstić information content (AvgIpc) is 2.19. The average molecular weight is 173 g/mol. The maximum atomic E-state index is 4.08. The first-order valence-electron chi connectivity index (χ1n) is 3.94. The zero-order valence-electron chi connectivity index (χ0n) is 7.51. The van der Waals surface area contributed by atoms with Gasteiger partial charge in [-0.15, -0.1) is 0 Å². The largest absolute Gasteiger partial charge is 0.264 e. The maximum Gasteiger partial charge on any atom is 0.0894 e. The molecule has 0 bridgehead atoms. The Kier molecular flexibility index (Phi) is 3.57. The molecule has 0 aliphatic rings. The van der Waals surface area contributed by atoms with Crippen LogP contribution in [0.25, 0.3) is 5.57 Å². The van der Waals surface area contributed by atoms with Gasteiger partial charge in [0, 0.05) is 30.4 Å². The molecule has 1 heterocycles. The van der Waals surface area contributed by atoms with E-state index in [-0.39, 0.29) is 0 Å². The summed E-state index contributed by atoms with van der Waals surface area (Å²) >= 11 is 0. The van der Waals surface area contributed by atoms with Gasteiger partial charge in [0.1, 0.15) is 0 Å². The van der Waals surface area contributed by atoms with Crippen LogP contribution < -0.4 is 0 Å². The van der Waals surface area contributed by atoms with Crippen LogP contribution in [0.2, 0.25) is 0 Å². The number of allylic oxidation sites excluding steroid dienone is 2. The Morgan fingerprint density at radius 3 is 3.00 bits per heavy atom. The summed E-state index contributed by atoms with van der Waals surface area (Å²) in [5.41, 5.74) is 1.50. The van der Waals surface area contributed by atoms with Crippen molar-refractivity contribution in [3.05, 3.63) is 43.1 Å². The molecule has 0 radical (unpaired) electrons. The zero-order chi connectivity index (χ0) is 9.52. The van der Waals surface area contributed by atoms with Crippen LogP contribution in [0, 0.1) is 0 Å². The summed E-state index contributed by atoms with van der Waals surface area (Å²) in [5, 5.41) is 0. The first-order chi connectivity index (χ1) is 6.34. The second-order valence-corrected chi connectivity index (χ2v) is 2.38. The first kappa shape index (κ1) is 9.32. The van der Waals surface area contributed by atoms with E-state index in [9.17, 15) is 0 Å². The Morgan fingerprint density at radius 2 is 2.38 bits per heavy atom. The molecule has 0 spiro atoms. The molecule has 0 fully saturated rings. The van der Waals surface area contributed by atoms with Crippen LogP contribution in [0.1, 0.15) is 12.6 Å². The molecule has 1 aromatic heterocycles. The third-order valence-corrected chi connectivity index (χ3v) is 1.36. The molecule has 0 atom stereocenters. The van der Waals surface area contributed by atoms with Crippen molar-refractivity contribution in [2.45, 2.75) is 6.92 Å². The van der Waals surface area contributed by atoms with Crippen molar-refractivity contribution in [1.29, 1.82) is 0 Å². The Hall–Kier alpha value is -1.77. The number of hydrogen-bond donors (Lipinski definition) is 0. The predicted octanol–water partition coefficient (Wildman–Crippen LogP) is 2.09. The third kappa shape index (κ3) is 2.99. The molecular weight excluding hydrogens is 162 g/mol. The minimum atomic E-state index is 0.746. The van der Waals surface area contributed by atoms with Crippen molar-refractivity contribution >= 4 is 11.8 Å². The van der Waals surface area contributed by atoms with Gasteiger partial charge in [-0.3, -0.25) is 15.0 Å². The second kappa shape index (κ2) is 4.98. The first-order valence-corrected chi connectivity index (χ1v) is 3.94. The molecule has 0 unspecified atom stereocenters. The highest BCUT2D eigenvalue weighted by atomic mass is 14.8. The number of aliphatic imine (C=N–C) groups is 1. The highest BCUT2D eigenvalue weighted by molar-refractivity contribution is 6.07. The van der Waals surface area contributed by atoms with Crippen molar-refractivity contribution < 1.29 is 0 Å². The summed E-state index contributed by atoms with van der Waals surface area (Å²) in [5.74, 6) is 0. The normalized spacial score (nSPS) is 11.2. The molecule has 0 N–H and O–H groups in total. The Balaban J connectivity index is 2.70. The van der Waals surface area contributed by atoms with Gasteiger partial charge in [0.25, 0.3) is 0 Å². The van der Waals surface area contributed by atoms with Crippen molar-refractivity contribution in [2.75, 3.05) is 0 Å². The standard InChI is InChI=1S/C10H11N3/c1-3-4-11-7-9(2)10-8-12-5-6-13-10/h3-8H,2H2,1H3/b4-3-,11-7?. The van der Waals surface area contributed by atoms with Gasteiger partial charge in [-0.2, -0.15) is 0 Å². The summed E-state index contributed by atoms with van der Waals surface area (Å²) < 4.78 is 0. The van der Waals surface area contributed by atoms with E-state index in [2.05, 4.69) is 21.5 Å². The van der Waals surface area contributed by atoms with E-state index in [4.69, 9.17) is 0 Å². The summed E-state index contributed by atoms with van der Waals surface area (Å²) in [6, 6.07) is 0. The lowest BCUT2D eigenvalue weighted by Crippen LogP contribution is -1.88. The second-order valence-electron chi connectivity index (χ2n) is 2.38. The van der Waals surface area contributed by atoms with Crippen LogP contribution in [-0.2, 0) is 0 Å². The zero-order valence-corrected chi connectivity index (χ0v) is 7.51. The van der Waals surface area contributed by atoms with Crippen molar-refractivity contribution in [1.82, 2.24) is 9.97 Å². The van der Waals surface area contributed by atoms with E-state index in [1.54, 1.807) is 31.0 Å². The molecule has 0 aliphatic carbocycles. The highest BCUT2D eigenvalue weighted by Gasteiger charge is 1.94. The quantitative estimate of drug-likeness (QED) is 0.656. The molecule has 0 aliphatic heterocycles. The van der Waals surface area contributed by atoms with E-state index < -0.39 is 0 Å². The molecule has 0 saturated heterocycles. The molecule has 3 nitrogen and oxygen atoms in total. The summed E-state index contributed by atoms with van der Waals surface area (Å²) in [6.07, 6.45) is 10.1. The van der Waals surface area contributed by atoms with Crippen molar-refractivity contribution in [3.63, 3.8) is 0 Å². The van der Waals surface area contributed by atoms with Gasteiger partial charge >= 0.3 is 0 Å². The minimum absolute atomic E-state index is 0.746. The SMILES string of the molecule is C=C(C=N/C=C\C)c1cnccn1. The number of hydrogen-bond acceptors (Lipinski definition) is 3. The van der Waals surface area contributed by atoms with Gasteiger partial charge in [0.05, 0.1) is 11.9 Å². The van der Waals surface area contributed by atoms with Crippen molar-refractivity contribution in [2.24, 2.45) is 4.99 Å². The Morgan fingerprint density at radius 1 is 1.54 bits per heavy atom. The van der Waals surface area contributed by atoms with E-state index in [0.717, 1.165) is 11.3 Å². The smallest absolute Gasteiger partial charge is 0.0894 e. The molecule has 66 valence electrons. The minimum Gasteiger partial charge on any atom is -0.264 e. The van der Waals surface area contributed by atoms with Crippen LogP contribution in [-0.4, -0.2) is 16.2 Å². The van der Waals surface area contributed by atoms with Crippen LogP contribution in [0.5, 0.6) is 0 Å². The Labute approximate surface area is 77.6 Å². The molecule has 1 rings (SSSR count). The topological polar surface area (TPSA) is 38.1 Å². The lowest BCUT2D eigenvalue weighted by Gasteiger charge is -1.94. The molecule has 0 saturated carbocycles.